The molecule has 2 aromatic rings. The van der Waals surface area contributed by atoms with Crippen LogP contribution >= 0.6 is 0 Å². The number of carbonyl (C=O) groups excluding carboxylic acids is 1. The van der Waals surface area contributed by atoms with E-state index in [0.29, 0.717) is 10.2 Å². The van der Waals surface area contributed by atoms with Gasteiger partial charge >= 0.3 is 6.18 Å². The van der Waals surface area contributed by atoms with E-state index in [0.717, 1.165) is 6.20 Å². The number of hydrogen-bond donors (Lipinski definition) is 1. The zero-order valence-corrected chi connectivity index (χ0v) is 11.2. The Balaban J connectivity index is 2.07. The molecule has 5 nitrogen and oxygen atoms in total. The van der Waals surface area contributed by atoms with Crippen LogP contribution in [0.2, 0.25) is 0 Å². The Morgan fingerprint density at radius 1 is 1.32 bits per heavy atom. The average Bonchev–Trinajstić information content (AvgIpc) is 2.90. The van der Waals surface area contributed by atoms with Gasteiger partial charge in [0.2, 0.25) is 0 Å². The standard InChI is InChI=1S/C14H12F3N3O2/c15-14(16,17)11-6-10(8-4-2-1-3-5-8)19-12-9(13(21)22)7-18-20(11)12/h1-5,7,10-11,19H,6H2,(H,21,22)/p-1/t10-,11-/m1/s1. The molecule has 0 unspecified atom stereocenters. The van der Waals surface area contributed by atoms with Crippen molar-refractivity contribution in [2.45, 2.75) is 24.7 Å². The molecule has 1 aromatic heterocycles. The Morgan fingerprint density at radius 3 is 2.59 bits per heavy atom. The molecule has 1 aromatic carbocycles. The summed E-state index contributed by atoms with van der Waals surface area (Å²) in [4.78, 5) is 11.0. The van der Waals surface area contributed by atoms with E-state index < -0.39 is 24.2 Å². The van der Waals surface area contributed by atoms with E-state index in [4.69, 9.17) is 0 Å². The van der Waals surface area contributed by atoms with Crippen molar-refractivity contribution in [3.63, 3.8) is 0 Å². The lowest BCUT2D eigenvalue weighted by Gasteiger charge is -2.34. The molecule has 2 atom stereocenters. The number of alkyl halides is 3. The van der Waals surface area contributed by atoms with Crippen LogP contribution in [0.15, 0.2) is 36.5 Å². The van der Waals surface area contributed by atoms with Crippen LogP contribution in [0.25, 0.3) is 0 Å². The van der Waals surface area contributed by atoms with Crippen LogP contribution < -0.4 is 10.4 Å². The number of hydrogen-bond acceptors (Lipinski definition) is 4. The largest absolute Gasteiger partial charge is 0.545 e. The van der Waals surface area contributed by atoms with Gasteiger partial charge in [0, 0.05) is 6.42 Å². The first-order valence-electron chi connectivity index (χ1n) is 6.55. The van der Waals surface area contributed by atoms with Crippen LogP contribution in [0.3, 0.4) is 0 Å². The second-order valence-electron chi connectivity index (χ2n) is 5.04. The molecule has 2 heterocycles. The number of carboxylic acids is 1. The highest BCUT2D eigenvalue weighted by Gasteiger charge is 2.46. The van der Waals surface area contributed by atoms with Gasteiger partial charge in [0.15, 0.2) is 6.04 Å². The second-order valence-corrected chi connectivity index (χ2v) is 5.04. The number of benzene rings is 1. The van der Waals surface area contributed by atoms with Crippen molar-refractivity contribution in [3.05, 3.63) is 47.7 Å². The summed E-state index contributed by atoms with van der Waals surface area (Å²) in [5.74, 6) is -1.74. The number of rotatable bonds is 2. The van der Waals surface area contributed by atoms with Gasteiger partial charge < -0.3 is 15.2 Å². The number of aromatic carboxylic acids is 1. The summed E-state index contributed by atoms with van der Waals surface area (Å²) in [7, 11) is 0. The van der Waals surface area contributed by atoms with Gasteiger partial charge in [0.1, 0.15) is 5.82 Å². The summed E-state index contributed by atoms with van der Waals surface area (Å²) in [5.41, 5.74) is 0.267. The van der Waals surface area contributed by atoms with Gasteiger partial charge in [-0.15, -0.1) is 0 Å². The monoisotopic (exact) mass is 310 g/mol. The van der Waals surface area contributed by atoms with Crippen molar-refractivity contribution in [2.75, 3.05) is 5.32 Å². The first-order chi connectivity index (χ1) is 10.4. The van der Waals surface area contributed by atoms with Gasteiger partial charge in [-0.1, -0.05) is 30.3 Å². The third-order valence-electron chi connectivity index (χ3n) is 3.66. The number of nitrogens with one attached hydrogen (secondary N) is 1. The molecular formula is C14H11F3N3O2-. The van der Waals surface area contributed by atoms with Crippen LogP contribution in [0.5, 0.6) is 0 Å². The fraction of sp³-hybridized carbons (Fsp3) is 0.286. The molecule has 0 aliphatic carbocycles. The summed E-state index contributed by atoms with van der Waals surface area (Å²) < 4.78 is 40.5. The van der Waals surface area contributed by atoms with E-state index in [2.05, 4.69) is 10.4 Å². The molecular weight excluding hydrogens is 299 g/mol. The lowest BCUT2D eigenvalue weighted by molar-refractivity contribution is -0.255. The van der Waals surface area contributed by atoms with Crippen molar-refractivity contribution in [3.8, 4) is 0 Å². The summed E-state index contributed by atoms with van der Waals surface area (Å²) in [6.45, 7) is 0. The summed E-state index contributed by atoms with van der Waals surface area (Å²) in [6.07, 6.45) is -3.92. The summed E-state index contributed by atoms with van der Waals surface area (Å²) in [6, 6.07) is 6.02. The minimum Gasteiger partial charge on any atom is -0.545 e. The topological polar surface area (TPSA) is 70.0 Å². The molecule has 0 spiro atoms. The second kappa shape index (κ2) is 5.04. The Labute approximate surface area is 123 Å². The van der Waals surface area contributed by atoms with Crippen molar-refractivity contribution in [2.24, 2.45) is 0 Å². The SMILES string of the molecule is O=C([O-])c1cnn2c1N[C@@H](c1ccccc1)C[C@@H]2C(F)(F)F. The van der Waals surface area contributed by atoms with Gasteiger partial charge in [-0.3, -0.25) is 0 Å². The van der Waals surface area contributed by atoms with Gasteiger partial charge in [0.25, 0.3) is 0 Å². The number of halogens is 3. The number of anilines is 1. The Hall–Kier alpha value is -2.51. The number of nitrogens with zero attached hydrogens (tertiary/aromatic N) is 2. The highest BCUT2D eigenvalue weighted by molar-refractivity contribution is 5.91. The lowest BCUT2D eigenvalue weighted by Crippen LogP contribution is -2.36. The smallest absolute Gasteiger partial charge is 0.410 e. The zero-order valence-electron chi connectivity index (χ0n) is 11.2. The van der Waals surface area contributed by atoms with E-state index in [-0.39, 0.29) is 17.8 Å². The van der Waals surface area contributed by atoms with Crippen molar-refractivity contribution in [1.29, 1.82) is 0 Å². The molecule has 1 N–H and O–H groups in total. The maximum absolute atomic E-state index is 13.3. The van der Waals surface area contributed by atoms with Crippen LogP contribution in [0.1, 0.15) is 34.4 Å². The molecule has 22 heavy (non-hydrogen) atoms. The molecule has 0 saturated carbocycles. The first-order valence-corrected chi connectivity index (χ1v) is 6.55. The molecule has 0 saturated heterocycles. The van der Waals surface area contributed by atoms with Crippen molar-refractivity contribution < 1.29 is 23.1 Å². The molecule has 0 amide bonds. The Morgan fingerprint density at radius 2 is 2.00 bits per heavy atom. The van der Waals surface area contributed by atoms with E-state index in [1.807, 2.05) is 0 Å². The molecule has 8 heteroatoms. The summed E-state index contributed by atoms with van der Waals surface area (Å²) in [5, 5.41) is 17.4. The normalized spacial score (nSPS) is 21.0. The fourth-order valence-electron chi connectivity index (χ4n) is 2.62. The molecule has 3 rings (SSSR count). The van der Waals surface area contributed by atoms with Crippen molar-refractivity contribution >= 4 is 11.8 Å². The maximum atomic E-state index is 13.3. The number of aromatic nitrogens is 2. The van der Waals surface area contributed by atoms with Crippen LogP contribution in [-0.4, -0.2) is 21.9 Å². The number of carboxylic acid groups (broad SMARTS) is 1. The minimum absolute atomic E-state index is 0.178. The molecule has 1 aliphatic heterocycles. The van der Waals surface area contributed by atoms with E-state index in [1.54, 1.807) is 30.3 Å². The van der Waals surface area contributed by atoms with E-state index in [1.165, 1.54) is 0 Å². The van der Waals surface area contributed by atoms with E-state index in [9.17, 15) is 23.1 Å². The highest BCUT2D eigenvalue weighted by atomic mass is 19.4. The van der Waals surface area contributed by atoms with Gasteiger partial charge in [-0.05, 0) is 5.56 Å². The molecule has 0 fully saturated rings. The quantitative estimate of drug-likeness (QED) is 0.920. The van der Waals surface area contributed by atoms with Crippen LogP contribution in [0.4, 0.5) is 19.0 Å². The lowest BCUT2D eigenvalue weighted by atomic mass is 9.96. The number of carbonyl (C=O) groups is 1. The fourth-order valence-corrected chi connectivity index (χ4v) is 2.62. The third kappa shape index (κ3) is 2.40. The molecule has 0 radical (unpaired) electrons. The minimum atomic E-state index is -4.53. The molecule has 116 valence electrons. The van der Waals surface area contributed by atoms with Crippen LogP contribution in [0, 0.1) is 0 Å². The summed E-state index contributed by atoms with van der Waals surface area (Å²) >= 11 is 0. The third-order valence-corrected chi connectivity index (χ3v) is 3.66. The Bertz CT molecular complexity index is 697. The molecule has 0 bridgehead atoms. The first kappa shape index (κ1) is 14.4. The predicted octanol–water partition coefficient (Wildman–Crippen LogP) is 1.91. The highest BCUT2D eigenvalue weighted by Crippen LogP contribution is 2.44. The van der Waals surface area contributed by atoms with Crippen LogP contribution in [-0.2, 0) is 0 Å². The van der Waals surface area contributed by atoms with E-state index >= 15 is 0 Å². The maximum Gasteiger partial charge on any atom is 0.410 e. The Kier molecular flexibility index (Phi) is 3.31. The molecule has 1 aliphatic rings. The predicted molar refractivity (Wildman–Crippen MR) is 69.1 cm³/mol. The van der Waals surface area contributed by atoms with Gasteiger partial charge in [-0.25, -0.2) is 4.68 Å². The zero-order chi connectivity index (χ0) is 15.9. The average molecular weight is 310 g/mol. The number of fused-ring (bicyclic) bond motifs is 1. The van der Waals surface area contributed by atoms with Gasteiger partial charge in [0.05, 0.1) is 23.8 Å². The van der Waals surface area contributed by atoms with Crippen molar-refractivity contribution in [1.82, 2.24) is 9.78 Å². The van der Waals surface area contributed by atoms with Gasteiger partial charge in [-0.2, -0.15) is 18.3 Å².